The predicted molar refractivity (Wildman–Crippen MR) is 97.6 cm³/mol. The largest absolute Gasteiger partial charge is 0.457 e. The van der Waals surface area contributed by atoms with Crippen molar-refractivity contribution in [3.8, 4) is 17.6 Å². The van der Waals surface area contributed by atoms with E-state index in [0.717, 1.165) is 5.56 Å². The summed E-state index contributed by atoms with van der Waals surface area (Å²) in [4.78, 5) is 14.4. The molecule has 4 nitrogen and oxygen atoms in total. The van der Waals surface area contributed by atoms with Crippen LogP contribution in [0.25, 0.3) is 0 Å². The Kier molecular flexibility index (Phi) is 4.12. The van der Waals surface area contributed by atoms with E-state index in [1.807, 2.05) is 60.7 Å². The van der Waals surface area contributed by atoms with E-state index in [-0.39, 0.29) is 5.91 Å². The number of nitriles is 1. The second-order valence-corrected chi connectivity index (χ2v) is 6.11. The lowest BCUT2D eigenvalue weighted by Crippen LogP contribution is -2.26. The number of hydrogen-bond donors (Lipinski definition) is 0. The van der Waals surface area contributed by atoms with Crippen LogP contribution in [0.3, 0.4) is 0 Å². The molecule has 0 saturated heterocycles. The Labute approximate surface area is 151 Å². The fourth-order valence-corrected chi connectivity index (χ4v) is 3.17. The molecule has 0 aromatic heterocycles. The Morgan fingerprint density at radius 3 is 2.31 bits per heavy atom. The summed E-state index contributed by atoms with van der Waals surface area (Å²) < 4.78 is 5.85. The van der Waals surface area contributed by atoms with E-state index >= 15 is 0 Å². The minimum atomic E-state index is -0.614. The zero-order valence-electron chi connectivity index (χ0n) is 14.0. The van der Waals surface area contributed by atoms with Gasteiger partial charge in [-0.3, -0.25) is 4.79 Å². The van der Waals surface area contributed by atoms with Crippen LogP contribution in [0.15, 0.2) is 78.9 Å². The molecule has 4 rings (SSSR count). The maximum absolute atomic E-state index is 12.8. The molecular formula is C22H16N2O2. The summed E-state index contributed by atoms with van der Waals surface area (Å²) in [6.45, 7) is 0.404. The third-order valence-electron chi connectivity index (χ3n) is 4.42. The van der Waals surface area contributed by atoms with E-state index in [4.69, 9.17) is 4.74 Å². The maximum atomic E-state index is 12.8. The predicted octanol–water partition coefficient (Wildman–Crippen LogP) is 4.70. The van der Waals surface area contributed by atoms with Gasteiger partial charge < -0.3 is 9.64 Å². The van der Waals surface area contributed by atoms with Crippen molar-refractivity contribution in [3.05, 3.63) is 95.6 Å². The van der Waals surface area contributed by atoms with Crippen LogP contribution in [0.2, 0.25) is 0 Å². The molecule has 0 N–H and O–H groups in total. The van der Waals surface area contributed by atoms with Gasteiger partial charge in [0.2, 0.25) is 0 Å². The van der Waals surface area contributed by atoms with E-state index in [2.05, 4.69) is 6.07 Å². The molecule has 26 heavy (non-hydrogen) atoms. The Balaban J connectivity index is 1.64. The van der Waals surface area contributed by atoms with Gasteiger partial charge in [0.25, 0.3) is 5.91 Å². The summed E-state index contributed by atoms with van der Waals surface area (Å²) in [6.07, 6.45) is 0. The van der Waals surface area contributed by atoms with Crippen LogP contribution < -0.4 is 4.74 Å². The Morgan fingerprint density at radius 1 is 0.923 bits per heavy atom. The van der Waals surface area contributed by atoms with Gasteiger partial charge in [-0.05, 0) is 35.9 Å². The Bertz CT molecular complexity index is 978. The van der Waals surface area contributed by atoms with Crippen molar-refractivity contribution in [2.45, 2.75) is 12.6 Å². The summed E-state index contributed by atoms with van der Waals surface area (Å²) in [6, 6.07) is 26.1. The van der Waals surface area contributed by atoms with E-state index in [1.54, 1.807) is 23.1 Å². The molecule has 1 amide bonds. The molecule has 4 heteroatoms. The highest BCUT2D eigenvalue weighted by atomic mass is 16.5. The average Bonchev–Trinajstić information content (AvgIpc) is 2.94. The number of nitrogens with zero attached hydrogens (tertiary/aromatic N) is 2. The number of ether oxygens (including phenoxy) is 1. The summed E-state index contributed by atoms with van der Waals surface area (Å²) in [5.74, 6) is 1.21. The van der Waals surface area contributed by atoms with E-state index in [1.165, 1.54) is 0 Å². The molecule has 1 aliphatic heterocycles. The first-order chi connectivity index (χ1) is 12.8. The first kappa shape index (κ1) is 15.9. The lowest BCUT2D eigenvalue weighted by molar-refractivity contribution is 0.0744. The van der Waals surface area contributed by atoms with Crippen LogP contribution in [0.4, 0.5) is 0 Å². The Morgan fingerprint density at radius 2 is 1.62 bits per heavy atom. The van der Waals surface area contributed by atoms with Crippen LogP contribution in [-0.4, -0.2) is 10.8 Å². The van der Waals surface area contributed by atoms with Gasteiger partial charge in [-0.15, -0.1) is 0 Å². The van der Waals surface area contributed by atoms with Crippen LogP contribution in [0.1, 0.15) is 27.5 Å². The zero-order valence-corrected chi connectivity index (χ0v) is 14.0. The SMILES string of the molecule is N#CC1c2cc(Oc3ccccc3)ccc2C(=O)N1Cc1ccccc1. The molecule has 1 unspecified atom stereocenters. The molecule has 3 aromatic carbocycles. The summed E-state index contributed by atoms with van der Waals surface area (Å²) in [7, 11) is 0. The van der Waals surface area contributed by atoms with Crippen molar-refractivity contribution in [2.75, 3.05) is 0 Å². The van der Waals surface area contributed by atoms with Crippen LogP contribution >= 0.6 is 0 Å². The van der Waals surface area contributed by atoms with Gasteiger partial charge in [0.15, 0.2) is 0 Å². The molecule has 1 aliphatic rings. The maximum Gasteiger partial charge on any atom is 0.255 e. The summed E-state index contributed by atoms with van der Waals surface area (Å²) >= 11 is 0. The number of carbonyl (C=O) groups excluding carboxylic acids is 1. The van der Waals surface area contributed by atoms with Gasteiger partial charge in [0, 0.05) is 17.7 Å². The third-order valence-corrected chi connectivity index (χ3v) is 4.42. The zero-order chi connectivity index (χ0) is 17.9. The monoisotopic (exact) mass is 340 g/mol. The Hall–Kier alpha value is -3.58. The third kappa shape index (κ3) is 2.91. The molecule has 0 spiro atoms. The molecule has 1 heterocycles. The van der Waals surface area contributed by atoms with Crippen molar-refractivity contribution >= 4 is 5.91 Å². The second kappa shape index (κ2) is 6.73. The van der Waals surface area contributed by atoms with Crippen molar-refractivity contribution in [1.29, 1.82) is 5.26 Å². The molecule has 3 aromatic rings. The smallest absolute Gasteiger partial charge is 0.255 e. The molecule has 1 atom stereocenters. The van der Waals surface area contributed by atoms with Crippen LogP contribution in [0.5, 0.6) is 11.5 Å². The van der Waals surface area contributed by atoms with E-state index in [0.29, 0.717) is 29.2 Å². The van der Waals surface area contributed by atoms with Crippen LogP contribution in [0, 0.1) is 11.3 Å². The standard InChI is InChI=1S/C22H16N2O2/c23-14-21-20-13-18(26-17-9-5-2-6-10-17)11-12-19(20)22(25)24(21)15-16-7-3-1-4-8-16/h1-13,21H,15H2. The topological polar surface area (TPSA) is 53.3 Å². The summed E-state index contributed by atoms with van der Waals surface area (Å²) in [5.41, 5.74) is 2.25. The molecule has 0 saturated carbocycles. The molecule has 126 valence electrons. The molecule has 0 fully saturated rings. The lowest BCUT2D eigenvalue weighted by Gasteiger charge is -2.20. The van der Waals surface area contributed by atoms with Gasteiger partial charge >= 0.3 is 0 Å². The van der Waals surface area contributed by atoms with Gasteiger partial charge in [0.1, 0.15) is 17.5 Å². The normalized spacial score (nSPS) is 15.4. The van der Waals surface area contributed by atoms with E-state index in [9.17, 15) is 10.1 Å². The summed E-state index contributed by atoms with van der Waals surface area (Å²) in [5, 5.41) is 9.67. The highest BCUT2D eigenvalue weighted by molar-refractivity contribution is 5.99. The number of benzene rings is 3. The second-order valence-electron chi connectivity index (χ2n) is 6.11. The molecular weight excluding hydrogens is 324 g/mol. The molecule has 0 aliphatic carbocycles. The number of fused-ring (bicyclic) bond motifs is 1. The quantitative estimate of drug-likeness (QED) is 0.692. The highest BCUT2D eigenvalue weighted by Gasteiger charge is 2.37. The number of para-hydroxylation sites is 1. The van der Waals surface area contributed by atoms with Crippen molar-refractivity contribution in [2.24, 2.45) is 0 Å². The highest BCUT2D eigenvalue weighted by Crippen LogP contribution is 2.37. The number of hydrogen-bond acceptors (Lipinski definition) is 3. The fourth-order valence-electron chi connectivity index (χ4n) is 3.17. The van der Waals surface area contributed by atoms with Gasteiger partial charge in [-0.2, -0.15) is 5.26 Å². The van der Waals surface area contributed by atoms with Gasteiger partial charge in [-0.1, -0.05) is 48.5 Å². The first-order valence-corrected chi connectivity index (χ1v) is 8.37. The van der Waals surface area contributed by atoms with Crippen molar-refractivity contribution in [3.63, 3.8) is 0 Å². The average molecular weight is 340 g/mol. The van der Waals surface area contributed by atoms with Crippen molar-refractivity contribution < 1.29 is 9.53 Å². The molecule has 0 radical (unpaired) electrons. The van der Waals surface area contributed by atoms with Gasteiger partial charge in [-0.25, -0.2) is 0 Å². The number of amides is 1. The lowest BCUT2D eigenvalue weighted by atomic mass is 10.1. The van der Waals surface area contributed by atoms with Gasteiger partial charge in [0.05, 0.1) is 6.07 Å². The van der Waals surface area contributed by atoms with Crippen LogP contribution in [-0.2, 0) is 6.54 Å². The van der Waals surface area contributed by atoms with Crippen molar-refractivity contribution in [1.82, 2.24) is 4.90 Å². The number of carbonyl (C=O) groups is 1. The minimum absolute atomic E-state index is 0.123. The first-order valence-electron chi connectivity index (χ1n) is 8.37. The fraction of sp³-hybridized carbons (Fsp3) is 0.0909. The minimum Gasteiger partial charge on any atom is -0.457 e. The number of rotatable bonds is 4. The van der Waals surface area contributed by atoms with E-state index < -0.39 is 6.04 Å². The molecule has 0 bridgehead atoms.